The number of carbonyl (C=O) groups excluding carboxylic acids is 4. The maximum Gasteiger partial charge on any atom is 0.344 e. The van der Waals surface area contributed by atoms with E-state index in [-0.39, 0.29) is 22.6 Å². The fourth-order valence-corrected chi connectivity index (χ4v) is 5.36. The fourth-order valence-electron chi connectivity index (χ4n) is 4.60. The quantitative estimate of drug-likeness (QED) is 0.0642. The molecule has 5 aromatic rings. The number of hydrogen-bond donors (Lipinski definition) is 2. The SMILES string of the molecule is Cc1cccc(C(=O)N/N=C\c2cc(Br)ccc2OC(=O)c2ccccc2C(=O)Oc2ccc(Br)cc2/C=N\NC(=O)c2cccc(C)c2)c1. The highest BCUT2D eigenvalue weighted by atomic mass is 79.9. The number of hydrazone groups is 2. The minimum Gasteiger partial charge on any atom is -0.422 e. The topological polar surface area (TPSA) is 136 Å². The molecule has 0 aromatic heterocycles. The Bertz CT molecular complexity index is 2010. The van der Waals surface area contributed by atoms with E-state index in [2.05, 4.69) is 52.9 Å². The molecule has 0 aliphatic heterocycles. The number of halogens is 2. The predicted molar refractivity (Wildman–Crippen MR) is 197 cm³/mol. The first-order valence-electron chi connectivity index (χ1n) is 15.0. The first kappa shape index (κ1) is 35.6. The standard InChI is InChI=1S/C38H28Br2N4O6/c1-23-7-5-9-25(17-23)35(45)43-41-21-27-19-29(39)13-15-33(27)49-37(47)31-11-3-4-12-32(31)38(48)50-34-16-14-30(40)20-28(34)22-42-44-36(46)26-10-6-8-24(2)18-26/h3-22H,1-2H3,(H,43,45)(H,44,46)/b41-21-,42-22-. The first-order valence-corrected chi connectivity index (χ1v) is 16.6. The van der Waals surface area contributed by atoms with Gasteiger partial charge in [0.25, 0.3) is 11.8 Å². The lowest BCUT2D eigenvalue weighted by atomic mass is 10.1. The van der Waals surface area contributed by atoms with Gasteiger partial charge in [0.1, 0.15) is 11.5 Å². The monoisotopic (exact) mass is 794 g/mol. The molecule has 0 unspecified atom stereocenters. The maximum atomic E-state index is 13.5. The molecule has 0 aliphatic carbocycles. The fraction of sp³-hybridized carbons (Fsp3) is 0.0526. The minimum atomic E-state index is -0.824. The van der Waals surface area contributed by atoms with Crippen LogP contribution in [0.2, 0.25) is 0 Å². The molecule has 5 rings (SSSR count). The van der Waals surface area contributed by atoms with E-state index in [1.807, 2.05) is 26.0 Å². The molecule has 12 heteroatoms. The van der Waals surface area contributed by atoms with Crippen molar-refractivity contribution in [3.8, 4) is 11.5 Å². The molecule has 0 atom stereocenters. The van der Waals surface area contributed by atoms with Gasteiger partial charge in [-0.15, -0.1) is 0 Å². The Kier molecular flexibility index (Phi) is 11.8. The van der Waals surface area contributed by atoms with E-state index in [1.54, 1.807) is 84.9 Å². The lowest BCUT2D eigenvalue weighted by Gasteiger charge is -2.12. The summed E-state index contributed by atoms with van der Waals surface area (Å²) in [6, 6.07) is 29.9. The predicted octanol–water partition coefficient (Wildman–Crippen LogP) is 7.79. The van der Waals surface area contributed by atoms with E-state index in [0.29, 0.717) is 31.2 Å². The average Bonchev–Trinajstić information content (AvgIpc) is 3.10. The number of carbonyl (C=O) groups is 4. The van der Waals surface area contributed by atoms with E-state index in [0.717, 1.165) is 11.1 Å². The summed E-state index contributed by atoms with van der Waals surface area (Å²) in [7, 11) is 0. The van der Waals surface area contributed by atoms with Crippen LogP contribution in [-0.2, 0) is 0 Å². The second-order valence-corrected chi connectivity index (χ2v) is 12.7. The summed E-state index contributed by atoms with van der Waals surface area (Å²) in [5.74, 6) is -2.19. The van der Waals surface area contributed by atoms with Crippen molar-refractivity contribution in [2.75, 3.05) is 0 Å². The summed E-state index contributed by atoms with van der Waals surface area (Å²) in [5.41, 5.74) is 8.35. The number of hydrogen-bond acceptors (Lipinski definition) is 8. The summed E-state index contributed by atoms with van der Waals surface area (Å²) in [6.07, 6.45) is 2.70. The van der Waals surface area contributed by atoms with Gasteiger partial charge in [-0.25, -0.2) is 20.4 Å². The van der Waals surface area contributed by atoms with Crippen molar-refractivity contribution in [3.63, 3.8) is 0 Å². The third-order valence-corrected chi connectivity index (χ3v) is 8.00. The van der Waals surface area contributed by atoms with Crippen LogP contribution in [0.4, 0.5) is 0 Å². The van der Waals surface area contributed by atoms with Gasteiger partial charge in [-0.05, 0) is 86.6 Å². The summed E-state index contributed by atoms with van der Waals surface area (Å²) in [5, 5.41) is 8.08. The van der Waals surface area contributed by atoms with Gasteiger partial charge in [0, 0.05) is 31.2 Å². The van der Waals surface area contributed by atoms with Crippen molar-refractivity contribution in [2.24, 2.45) is 10.2 Å². The molecular weight excluding hydrogens is 768 g/mol. The molecule has 250 valence electrons. The van der Waals surface area contributed by atoms with Crippen LogP contribution in [0.25, 0.3) is 0 Å². The van der Waals surface area contributed by atoms with E-state index < -0.39 is 23.8 Å². The molecule has 50 heavy (non-hydrogen) atoms. The number of nitrogens with one attached hydrogen (secondary N) is 2. The Hall–Kier alpha value is -5.72. The zero-order valence-electron chi connectivity index (χ0n) is 26.6. The molecule has 2 N–H and O–H groups in total. The Morgan fingerprint density at radius 2 is 0.980 bits per heavy atom. The molecule has 10 nitrogen and oxygen atoms in total. The molecule has 0 saturated heterocycles. The third kappa shape index (κ3) is 9.46. The highest BCUT2D eigenvalue weighted by Crippen LogP contribution is 2.26. The number of amides is 2. The highest BCUT2D eigenvalue weighted by molar-refractivity contribution is 9.10. The Morgan fingerprint density at radius 1 is 0.560 bits per heavy atom. The van der Waals surface area contributed by atoms with Crippen LogP contribution < -0.4 is 20.3 Å². The van der Waals surface area contributed by atoms with Crippen molar-refractivity contribution in [3.05, 3.63) is 163 Å². The van der Waals surface area contributed by atoms with Gasteiger partial charge in [-0.1, -0.05) is 79.4 Å². The van der Waals surface area contributed by atoms with Crippen LogP contribution in [0, 0.1) is 13.8 Å². The van der Waals surface area contributed by atoms with Crippen molar-refractivity contribution in [2.45, 2.75) is 13.8 Å². The Morgan fingerprint density at radius 3 is 1.38 bits per heavy atom. The smallest absolute Gasteiger partial charge is 0.344 e. The average molecular weight is 796 g/mol. The zero-order valence-corrected chi connectivity index (χ0v) is 29.8. The largest absolute Gasteiger partial charge is 0.422 e. The van der Waals surface area contributed by atoms with Gasteiger partial charge in [-0.3, -0.25) is 9.59 Å². The molecule has 2 amide bonds. The summed E-state index contributed by atoms with van der Waals surface area (Å²) >= 11 is 6.80. The second-order valence-electron chi connectivity index (χ2n) is 10.8. The number of aryl methyl sites for hydroxylation is 2. The van der Waals surface area contributed by atoms with Crippen LogP contribution >= 0.6 is 31.9 Å². The zero-order chi connectivity index (χ0) is 35.6. The lowest BCUT2D eigenvalue weighted by Crippen LogP contribution is -2.19. The molecule has 5 aromatic carbocycles. The van der Waals surface area contributed by atoms with Gasteiger partial charge in [0.15, 0.2) is 0 Å². The molecule has 0 aliphatic rings. The summed E-state index contributed by atoms with van der Waals surface area (Å²) < 4.78 is 12.8. The molecular formula is C38H28Br2N4O6. The van der Waals surface area contributed by atoms with Crippen molar-refractivity contribution < 1.29 is 28.7 Å². The van der Waals surface area contributed by atoms with E-state index in [4.69, 9.17) is 9.47 Å². The van der Waals surface area contributed by atoms with Crippen LogP contribution in [0.5, 0.6) is 11.5 Å². The second kappa shape index (κ2) is 16.6. The maximum absolute atomic E-state index is 13.5. The summed E-state index contributed by atoms with van der Waals surface area (Å²) in [6.45, 7) is 3.76. The Balaban J connectivity index is 1.30. The Labute approximate surface area is 304 Å². The molecule has 0 saturated carbocycles. The normalized spacial score (nSPS) is 11.0. The molecule has 0 bridgehead atoms. The number of benzene rings is 5. The summed E-state index contributed by atoms with van der Waals surface area (Å²) in [4.78, 5) is 52.0. The van der Waals surface area contributed by atoms with Gasteiger partial charge in [0.2, 0.25) is 0 Å². The highest BCUT2D eigenvalue weighted by Gasteiger charge is 2.22. The number of ether oxygens (including phenoxy) is 2. The number of nitrogens with zero attached hydrogens (tertiary/aromatic N) is 2. The van der Waals surface area contributed by atoms with E-state index >= 15 is 0 Å². The van der Waals surface area contributed by atoms with Gasteiger partial charge < -0.3 is 9.47 Å². The molecule has 0 spiro atoms. The first-order chi connectivity index (χ1) is 24.1. The van der Waals surface area contributed by atoms with Crippen molar-refractivity contribution in [1.82, 2.24) is 10.9 Å². The van der Waals surface area contributed by atoms with E-state index in [1.165, 1.54) is 24.6 Å². The van der Waals surface area contributed by atoms with Crippen LogP contribution in [-0.4, -0.2) is 36.2 Å². The molecule has 0 radical (unpaired) electrons. The van der Waals surface area contributed by atoms with Crippen LogP contribution in [0.1, 0.15) is 63.7 Å². The van der Waals surface area contributed by atoms with Crippen LogP contribution in [0.3, 0.4) is 0 Å². The number of rotatable bonds is 10. The van der Waals surface area contributed by atoms with Crippen molar-refractivity contribution >= 4 is 68.0 Å². The molecule has 0 fully saturated rings. The van der Waals surface area contributed by atoms with Crippen molar-refractivity contribution in [1.29, 1.82) is 0 Å². The van der Waals surface area contributed by atoms with Gasteiger partial charge >= 0.3 is 11.9 Å². The van der Waals surface area contributed by atoms with Crippen LogP contribution in [0.15, 0.2) is 128 Å². The minimum absolute atomic E-state index is 0.0474. The van der Waals surface area contributed by atoms with Gasteiger partial charge in [-0.2, -0.15) is 10.2 Å². The van der Waals surface area contributed by atoms with Gasteiger partial charge in [0.05, 0.1) is 23.6 Å². The molecule has 0 heterocycles. The number of esters is 2. The van der Waals surface area contributed by atoms with E-state index in [9.17, 15) is 19.2 Å². The lowest BCUT2D eigenvalue weighted by molar-refractivity contribution is 0.0691. The third-order valence-electron chi connectivity index (χ3n) is 7.02.